The predicted octanol–water partition coefficient (Wildman–Crippen LogP) is 0.456. The number of rotatable bonds is 1. The van der Waals surface area contributed by atoms with Gasteiger partial charge in [-0.2, -0.15) is 0 Å². The van der Waals surface area contributed by atoms with E-state index in [0.29, 0.717) is 5.57 Å². The van der Waals surface area contributed by atoms with Crippen LogP contribution >= 0.6 is 11.3 Å². The van der Waals surface area contributed by atoms with Crippen LogP contribution in [0.15, 0.2) is 29.9 Å². The van der Waals surface area contributed by atoms with Gasteiger partial charge in [-0.15, -0.1) is 11.3 Å². The minimum atomic E-state index is -0.947. The molecule has 1 aromatic heterocycles. The van der Waals surface area contributed by atoms with E-state index >= 15 is 0 Å². The normalized spacial score (nSPS) is 16.6. The summed E-state index contributed by atoms with van der Waals surface area (Å²) in [5, 5.41) is 9.63. The molecular weight excluding hydrogens is 224 g/mol. The highest BCUT2D eigenvalue weighted by molar-refractivity contribution is 7.12. The number of hydrogen-bond acceptors (Lipinski definition) is 3. The van der Waals surface area contributed by atoms with E-state index in [2.05, 4.69) is 0 Å². The van der Waals surface area contributed by atoms with E-state index in [0.717, 1.165) is 15.3 Å². The first-order valence-corrected chi connectivity index (χ1v) is 5.51. The van der Waals surface area contributed by atoms with Crippen molar-refractivity contribution in [2.45, 2.75) is 0 Å². The Hall–Kier alpha value is -1.94. The summed E-state index contributed by atoms with van der Waals surface area (Å²) in [6, 6.07) is 1.58. The molecule has 2 aliphatic rings. The van der Waals surface area contributed by atoms with Crippen molar-refractivity contribution in [2.24, 2.45) is 0 Å². The first-order chi connectivity index (χ1) is 7.66. The topological polar surface area (TPSA) is 54.4 Å². The van der Waals surface area contributed by atoms with Crippen molar-refractivity contribution < 1.29 is 14.7 Å². The molecule has 16 heavy (non-hydrogen) atoms. The number of aromatic carboxylic acids is 1. The van der Waals surface area contributed by atoms with Gasteiger partial charge in [0.25, 0.3) is 0 Å². The summed E-state index contributed by atoms with van der Waals surface area (Å²) in [4.78, 5) is 22.8. The van der Waals surface area contributed by atoms with E-state index in [1.165, 1.54) is 17.4 Å². The number of carboxylic acids is 1. The maximum Gasteiger partial charge on any atom is 0.345 e. The first-order valence-electron chi connectivity index (χ1n) is 4.69. The van der Waals surface area contributed by atoms with Crippen molar-refractivity contribution in [1.82, 2.24) is 0 Å². The second kappa shape index (κ2) is 3.02. The molecule has 0 atom stereocenters. The van der Waals surface area contributed by atoms with Gasteiger partial charge in [-0.05, 0) is 23.8 Å². The van der Waals surface area contributed by atoms with Gasteiger partial charge in [0.2, 0.25) is 0 Å². The predicted molar refractivity (Wildman–Crippen MR) is 60.6 cm³/mol. The molecule has 0 bridgehead atoms. The molecule has 0 amide bonds. The summed E-state index contributed by atoms with van der Waals surface area (Å²) >= 11 is 1.20. The Morgan fingerprint density at radius 3 is 2.94 bits per heavy atom. The fourth-order valence-corrected chi connectivity index (χ4v) is 2.87. The number of hydrogen-bond donors (Lipinski definition) is 1. The molecule has 1 N–H and O–H groups in total. The van der Waals surface area contributed by atoms with E-state index < -0.39 is 5.97 Å². The number of allylic oxidation sites excluding steroid dienone is 4. The highest BCUT2D eigenvalue weighted by Gasteiger charge is 2.21. The molecule has 1 heterocycles. The highest BCUT2D eigenvalue weighted by Crippen LogP contribution is 2.21. The highest BCUT2D eigenvalue weighted by atomic mass is 32.1. The number of carbonyl (C=O) groups is 2. The second-order valence-corrected chi connectivity index (χ2v) is 4.64. The molecule has 0 unspecified atom stereocenters. The fraction of sp³-hybridized carbons (Fsp3) is 0. The maximum absolute atomic E-state index is 11.7. The van der Waals surface area contributed by atoms with E-state index in [1.807, 2.05) is 12.2 Å². The summed E-state index contributed by atoms with van der Waals surface area (Å²) in [5.74, 6) is -1.00. The third-order valence-electron chi connectivity index (χ3n) is 2.59. The lowest BCUT2D eigenvalue weighted by Crippen LogP contribution is -2.19. The third-order valence-corrected chi connectivity index (χ3v) is 3.66. The standard InChI is InChI=1S/C12H6O3S/c13-8-3-1-2-6-4-9-7(11(6)8)5-10(16-9)12(14)15/h1-5H,(H,14,15). The SMILES string of the molecule is O=C1C=CC=C2C=c3sc(C(=O)O)cc3=C12. The Morgan fingerprint density at radius 1 is 1.38 bits per heavy atom. The van der Waals surface area contributed by atoms with E-state index in [1.54, 1.807) is 12.1 Å². The van der Waals surface area contributed by atoms with Crippen LogP contribution in [-0.4, -0.2) is 16.9 Å². The van der Waals surface area contributed by atoms with Crippen molar-refractivity contribution >= 4 is 34.7 Å². The van der Waals surface area contributed by atoms with Crippen molar-refractivity contribution in [1.29, 1.82) is 0 Å². The number of fused-ring (bicyclic) bond motifs is 2. The Balaban J connectivity index is 2.36. The number of thiophene rings is 1. The van der Waals surface area contributed by atoms with Crippen LogP contribution in [0.1, 0.15) is 9.67 Å². The van der Waals surface area contributed by atoms with Crippen LogP contribution in [0, 0.1) is 0 Å². The van der Waals surface area contributed by atoms with Gasteiger partial charge in [0, 0.05) is 15.3 Å². The molecule has 0 aromatic carbocycles. The minimum Gasteiger partial charge on any atom is -0.477 e. The molecule has 0 fully saturated rings. The zero-order chi connectivity index (χ0) is 11.3. The molecule has 1 aromatic rings. The smallest absolute Gasteiger partial charge is 0.345 e. The molecule has 2 aliphatic carbocycles. The van der Waals surface area contributed by atoms with Crippen molar-refractivity contribution in [3.8, 4) is 0 Å². The third kappa shape index (κ3) is 1.13. The molecule has 78 valence electrons. The van der Waals surface area contributed by atoms with Crippen LogP contribution in [-0.2, 0) is 4.79 Å². The molecule has 0 saturated carbocycles. The zero-order valence-electron chi connectivity index (χ0n) is 8.06. The molecule has 3 rings (SSSR count). The van der Waals surface area contributed by atoms with Gasteiger partial charge in [-0.1, -0.05) is 12.2 Å². The monoisotopic (exact) mass is 230 g/mol. The van der Waals surface area contributed by atoms with Crippen LogP contribution in [0.4, 0.5) is 0 Å². The summed E-state index contributed by atoms with van der Waals surface area (Å²) < 4.78 is 0.857. The van der Waals surface area contributed by atoms with E-state index in [9.17, 15) is 9.59 Å². The van der Waals surface area contributed by atoms with E-state index in [4.69, 9.17) is 5.11 Å². The van der Waals surface area contributed by atoms with Gasteiger partial charge >= 0.3 is 5.97 Å². The lowest BCUT2D eigenvalue weighted by Gasteiger charge is -2.03. The lowest BCUT2D eigenvalue weighted by atomic mass is 9.99. The van der Waals surface area contributed by atoms with E-state index in [-0.39, 0.29) is 10.7 Å². The average molecular weight is 230 g/mol. The van der Waals surface area contributed by atoms with Crippen LogP contribution in [0.3, 0.4) is 0 Å². The largest absolute Gasteiger partial charge is 0.477 e. The lowest BCUT2D eigenvalue weighted by molar-refractivity contribution is -0.109. The number of carbonyl (C=O) groups excluding carboxylic acids is 1. The maximum atomic E-state index is 11.7. The minimum absolute atomic E-state index is 0.0535. The zero-order valence-corrected chi connectivity index (χ0v) is 8.88. The fourth-order valence-electron chi connectivity index (χ4n) is 1.91. The van der Waals surface area contributed by atoms with Gasteiger partial charge in [0.05, 0.1) is 0 Å². The van der Waals surface area contributed by atoms with Crippen molar-refractivity contribution in [3.63, 3.8) is 0 Å². The van der Waals surface area contributed by atoms with Gasteiger partial charge in [-0.25, -0.2) is 4.79 Å². The number of ketones is 1. The van der Waals surface area contributed by atoms with Crippen molar-refractivity contribution in [2.75, 3.05) is 0 Å². The van der Waals surface area contributed by atoms with Gasteiger partial charge < -0.3 is 5.11 Å². The molecule has 0 saturated heterocycles. The van der Waals surface area contributed by atoms with Crippen molar-refractivity contribution in [3.05, 3.63) is 44.5 Å². The molecular formula is C12H6O3S. The quantitative estimate of drug-likeness (QED) is 0.762. The Bertz CT molecular complexity index is 701. The summed E-state index contributed by atoms with van der Waals surface area (Å²) in [6.45, 7) is 0. The van der Waals surface area contributed by atoms with Crippen LogP contribution in [0.5, 0.6) is 0 Å². The summed E-state index contributed by atoms with van der Waals surface area (Å²) in [5.41, 5.74) is 1.51. The molecule has 4 heteroatoms. The Labute approximate surface area is 94.3 Å². The van der Waals surface area contributed by atoms with Gasteiger partial charge in [0.1, 0.15) is 4.88 Å². The Kier molecular flexibility index (Phi) is 1.76. The molecule has 3 nitrogen and oxygen atoms in total. The molecule has 0 radical (unpaired) electrons. The first kappa shape index (κ1) is 9.30. The number of carboxylic acid groups (broad SMARTS) is 1. The van der Waals surface area contributed by atoms with Gasteiger partial charge in [0.15, 0.2) is 5.78 Å². The summed E-state index contributed by atoms with van der Waals surface area (Å²) in [7, 11) is 0. The van der Waals surface area contributed by atoms with Crippen LogP contribution < -0.4 is 9.75 Å². The molecule has 0 spiro atoms. The van der Waals surface area contributed by atoms with Gasteiger partial charge in [-0.3, -0.25) is 4.79 Å². The summed E-state index contributed by atoms with van der Waals surface area (Å²) in [6.07, 6.45) is 6.94. The molecule has 0 aliphatic heterocycles. The second-order valence-electron chi connectivity index (χ2n) is 3.56. The Morgan fingerprint density at radius 2 is 2.19 bits per heavy atom. The van der Waals surface area contributed by atoms with Crippen LogP contribution in [0.2, 0.25) is 0 Å². The average Bonchev–Trinajstić information content (AvgIpc) is 2.73. The van der Waals surface area contributed by atoms with Crippen LogP contribution in [0.25, 0.3) is 11.6 Å².